The summed E-state index contributed by atoms with van der Waals surface area (Å²) in [6, 6.07) is 15.3. The van der Waals surface area contributed by atoms with E-state index in [1.807, 2.05) is 36.4 Å². The number of hydrogen-bond donors (Lipinski definition) is 1. The average molecular weight is 278 g/mol. The van der Waals surface area contributed by atoms with Gasteiger partial charge in [0, 0.05) is 5.56 Å². The maximum absolute atomic E-state index is 8.91. The zero-order chi connectivity index (χ0) is 14.7. The van der Waals surface area contributed by atoms with Crippen molar-refractivity contribution in [3.63, 3.8) is 0 Å². The highest BCUT2D eigenvalue weighted by molar-refractivity contribution is 6.04. The van der Waals surface area contributed by atoms with E-state index in [0.717, 1.165) is 41.0 Å². The molecule has 0 aromatic heterocycles. The van der Waals surface area contributed by atoms with Gasteiger partial charge in [0.05, 0.1) is 17.3 Å². The molecule has 0 saturated carbocycles. The summed E-state index contributed by atoms with van der Waals surface area (Å²) >= 11 is 0. The maximum atomic E-state index is 8.91. The van der Waals surface area contributed by atoms with E-state index < -0.39 is 0 Å². The lowest BCUT2D eigenvalue weighted by Gasteiger charge is -2.08. The maximum Gasteiger partial charge on any atom is 0.120 e. The Labute approximate surface area is 122 Å². The molecule has 1 aliphatic rings. The van der Waals surface area contributed by atoms with Gasteiger partial charge < -0.3 is 9.94 Å². The van der Waals surface area contributed by atoms with E-state index in [0.29, 0.717) is 12.2 Å². The average Bonchev–Trinajstić information content (AvgIpc) is 2.95. The van der Waals surface area contributed by atoms with Gasteiger partial charge in [-0.15, -0.1) is 0 Å². The molecule has 3 rings (SSSR count). The van der Waals surface area contributed by atoms with Gasteiger partial charge in [-0.3, -0.25) is 0 Å². The number of aryl methyl sites for hydroxylation is 1. The van der Waals surface area contributed by atoms with Crippen LogP contribution in [0.3, 0.4) is 0 Å². The monoisotopic (exact) mass is 278 g/mol. The van der Waals surface area contributed by atoms with Gasteiger partial charge in [-0.2, -0.15) is 5.26 Å². The quantitative estimate of drug-likeness (QED) is 0.692. The first kappa shape index (κ1) is 13.2. The number of nitrogens with zero attached hydrogens (tertiary/aromatic N) is 2. The molecule has 2 aromatic rings. The molecule has 1 aliphatic carbocycles. The van der Waals surface area contributed by atoms with E-state index in [2.05, 4.69) is 11.2 Å². The van der Waals surface area contributed by atoms with E-state index >= 15 is 0 Å². The molecule has 0 bridgehead atoms. The van der Waals surface area contributed by atoms with Crippen LogP contribution < -0.4 is 4.74 Å². The van der Waals surface area contributed by atoms with Crippen molar-refractivity contribution in [3.8, 4) is 11.8 Å². The topological polar surface area (TPSA) is 65.6 Å². The van der Waals surface area contributed by atoms with Crippen LogP contribution in [-0.4, -0.2) is 10.9 Å². The summed E-state index contributed by atoms with van der Waals surface area (Å²) in [5.41, 5.74) is 4.47. The molecule has 0 atom stereocenters. The molecule has 4 heteroatoms. The first-order chi connectivity index (χ1) is 10.3. The van der Waals surface area contributed by atoms with Gasteiger partial charge in [0.2, 0.25) is 0 Å². The highest BCUT2D eigenvalue weighted by Gasteiger charge is 2.18. The molecule has 0 unspecified atom stereocenters. The molecule has 0 amide bonds. The van der Waals surface area contributed by atoms with Crippen LogP contribution in [0.4, 0.5) is 0 Å². The van der Waals surface area contributed by atoms with Crippen LogP contribution in [0.5, 0.6) is 5.75 Å². The Bertz CT molecular complexity index is 745. The molecule has 0 saturated heterocycles. The van der Waals surface area contributed by atoms with E-state index in [-0.39, 0.29) is 0 Å². The van der Waals surface area contributed by atoms with Gasteiger partial charge in [-0.1, -0.05) is 17.3 Å². The van der Waals surface area contributed by atoms with Gasteiger partial charge >= 0.3 is 0 Å². The summed E-state index contributed by atoms with van der Waals surface area (Å²) in [5, 5.41) is 21.1. The zero-order valence-corrected chi connectivity index (χ0v) is 11.4. The third-order valence-corrected chi connectivity index (χ3v) is 3.60. The molecule has 0 radical (unpaired) electrons. The van der Waals surface area contributed by atoms with Crippen molar-refractivity contribution >= 4 is 5.71 Å². The zero-order valence-electron chi connectivity index (χ0n) is 11.4. The first-order valence-electron chi connectivity index (χ1n) is 6.76. The molecule has 4 nitrogen and oxygen atoms in total. The Morgan fingerprint density at radius 3 is 2.90 bits per heavy atom. The fourth-order valence-corrected chi connectivity index (χ4v) is 2.54. The summed E-state index contributed by atoms with van der Waals surface area (Å²) in [6.45, 7) is 0.426. The van der Waals surface area contributed by atoms with Crippen LogP contribution in [0.25, 0.3) is 0 Å². The van der Waals surface area contributed by atoms with Gasteiger partial charge in [-0.05, 0) is 54.3 Å². The number of fused-ring (bicyclic) bond motifs is 1. The third kappa shape index (κ3) is 2.72. The molecule has 0 fully saturated rings. The molecule has 2 aromatic carbocycles. The van der Waals surface area contributed by atoms with Gasteiger partial charge in [0.15, 0.2) is 0 Å². The highest BCUT2D eigenvalue weighted by atomic mass is 16.5. The van der Waals surface area contributed by atoms with Crippen LogP contribution in [-0.2, 0) is 13.0 Å². The van der Waals surface area contributed by atoms with Crippen LogP contribution in [0.15, 0.2) is 47.6 Å². The largest absolute Gasteiger partial charge is 0.489 e. The predicted octanol–water partition coefficient (Wildman–Crippen LogP) is 3.26. The SMILES string of the molecule is N#Cc1cccc(COc2ccc3c(c2)CC/C3=N/O)c1. The minimum atomic E-state index is 0.426. The summed E-state index contributed by atoms with van der Waals surface area (Å²) in [6.07, 6.45) is 1.63. The normalized spacial score (nSPS) is 14.7. The lowest BCUT2D eigenvalue weighted by atomic mass is 10.1. The van der Waals surface area contributed by atoms with Crippen molar-refractivity contribution in [2.75, 3.05) is 0 Å². The molecule has 21 heavy (non-hydrogen) atoms. The van der Waals surface area contributed by atoms with Crippen molar-refractivity contribution < 1.29 is 9.94 Å². The Balaban J connectivity index is 1.73. The minimum absolute atomic E-state index is 0.426. The van der Waals surface area contributed by atoms with Gasteiger partial charge in [0.1, 0.15) is 12.4 Å². The number of nitriles is 1. The second-order valence-electron chi connectivity index (χ2n) is 4.97. The number of hydrogen-bond acceptors (Lipinski definition) is 4. The summed E-state index contributed by atoms with van der Waals surface area (Å²) in [5.74, 6) is 0.787. The second-order valence-corrected chi connectivity index (χ2v) is 4.97. The molecule has 104 valence electrons. The Morgan fingerprint density at radius 1 is 1.19 bits per heavy atom. The van der Waals surface area contributed by atoms with E-state index in [1.54, 1.807) is 6.07 Å². The number of benzene rings is 2. The lowest BCUT2D eigenvalue weighted by Crippen LogP contribution is -1.98. The Morgan fingerprint density at radius 2 is 2.10 bits per heavy atom. The van der Waals surface area contributed by atoms with E-state index in [4.69, 9.17) is 15.2 Å². The van der Waals surface area contributed by atoms with Crippen LogP contribution in [0.1, 0.15) is 28.7 Å². The smallest absolute Gasteiger partial charge is 0.120 e. The second kappa shape index (κ2) is 5.68. The number of oxime groups is 1. The summed E-state index contributed by atoms with van der Waals surface area (Å²) in [4.78, 5) is 0. The summed E-state index contributed by atoms with van der Waals surface area (Å²) < 4.78 is 5.77. The fourth-order valence-electron chi connectivity index (χ4n) is 2.54. The van der Waals surface area contributed by atoms with Crippen LogP contribution >= 0.6 is 0 Å². The standard InChI is InChI=1S/C17H14N2O2/c18-10-12-2-1-3-13(8-12)11-21-15-5-6-16-14(9-15)4-7-17(16)19-20/h1-3,5-6,8-9,20H,4,7,11H2/b19-17-. The third-order valence-electron chi connectivity index (χ3n) is 3.60. The van der Waals surface area contributed by atoms with Crippen LogP contribution in [0.2, 0.25) is 0 Å². The Kier molecular flexibility index (Phi) is 3.57. The first-order valence-corrected chi connectivity index (χ1v) is 6.76. The number of rotatable bonds is 3. The molecule has 0 aliphatic heterocycles. The van der Waals surface area contributed by atoms with Crippen molar-refractivity contribution in [1.29, 1.82) is 5.26 Å². The molecule has 1 N–H and O–H groups in total. The molecule has 0 spiro atoms. The van der Waals surface area contributed by atoms with E-state index in [9.17, 15) is 0 Å². The fraction of sp³-hybridized carbons (Fsp3) is 0.176. The molecule has 0 heterocycles. The van der Waals surface area contributed by atoms with Crippen molar-refractivity contribution in [2.24, 2.45) is 5.16 Å². The van der Waals surface area contributed by atoms with Crippen molar-refractivity contribution in [3.05, 3.63) is 64.7 Å². The van der Waals surface area contributed by atoms with E-state index in [1.165, 1.54) is 0 Å². The van der Waals surface area contributed by atoms with Crippen molar-refractivity contribution in [1.82, 2.24) is 0 Å². The number of ether oxygens (including phenoxy) is 1. The summed E-state index contributed by atoms with van der Waals surface area (Å²) in [7, 11) is 0. The highest BCUT2D eigenvalue weighted by Crippen LogP contribution is 2.27. The molecular weight excluding hydrogens is 264 g/mol. The van der Waals surface area contributed by atoms with Gasteiger partial charge in [0.25, 0.3) is 0 Å². The van der Waals surface area contributed by atoms with Crippen molar-refractivity contribution in [2.45, 2.75) is 19.4 Å². The van der Waals surface area contributed by atoms with Crippen LogP contribution in [0, 0.1) is 11.3 Å². The van der Waals surface area contributed by atoms with Gasteiger partial charge in [-0.25, -0.2) is 0 Å². The minimum Gasteiger partial charge on any atom is -0.489 e. The lowest BCUT2D eigenvalue weighted by molar-refractivity contribution is 0.306. The molecular formula is C17H14N2O2. The Hall–Kier alpha value is -2.80. The predicted molar refractivity (Wildman–Crippen MR) is 78.6 cm³/mol.